The number of quaternary nitrogens is 1. The van der Waals surface area contributed by atoms with Crippen molar-refractivity contribution >= 4 is 29.0 Å². The van der Waals surface area contributed by atoms with E-state index < -0.39 is 0 Å². The number of carbonyl (C=O) groups excluding carboxylic acids is 1. The average molecular weight is 402 g/mol. The molecule has 0 amide bonds. The van der Waals surface area contributed by atoms with Crippen molar-refractivity contribution in [3.8, 4) is 0 Å². The number of pyridine rings is 1. The smallest absolute Gasteiger partial charge is 0.338 e. The zero-order valence-electron chi connectivity index (χ0n) is 16.9. The summed E-state index contributed by atoms with van der Waals surface area (Å²) in [6, 6.07) is 11.3. The van der Waals surface area contributed by atoms with E-state index in [1.807, 2.05) is 24.3 Å². The minimum atomic E-state index is -0.321. The predicted octanol–water partition coefficient (Wildman–Crippen LogP) is 2.16. The van der Waals surface area contributed by atoms with Gasteiger partial charge in [-0.05, 0) is 68.0 Å². The van der Waals surface area contributed by atoms with Crippen molar-refractivity contribution in [1.29, 1.82) is 0 Å². The first-order valence-electron chi connectivity index (χ1n) is 9.46. The van der Waals surface area contributed by atoms with Gasteiger partial charge in [0.2, 0.25) is 0 Å². The Morgan fingerprint density at radius 1 is 1.21 bits per heavy atom. The van der Waals surface area contributed by atoms with E-state index in [0.717, 1.165) is 24.3 Å². The summed E-state index contributed by atoms with van der Waals surface area (Å²) >= 11 is 5.71. The summed E-state index contributed by atoms with van der Waals surface area (Å²) in [7, 11) is 4.25. The lowest BCUT2D eigenvalue weighted by Gasteiger charge is -2.32. The molecule has 0 aliphatic heterocycles. The highest BCUT2D eigenvalue weighted by atomic mass is 32.1. The highest BCUT2D eigenvalue weighted by Gasteiger charge is 2.20. The summed E-state index contributed by atoms with van der Waals surface area (Å²) in [5.74, 6) is -0.321. The Balaban J connectivity index is 2.12. The second kappa shape index (κ2) is 10.7. The molecule has 7 heteroatoms. The van der Waals surface area contributed by atoms with Gasteiger partial charge in [-0.2, -0.15) is 0 Å². The van der Waals surface area contributed by atoms with Gasteiger partial charge in [0, 0.05) is 18.1 Å². The molecule has 0 aliphatic rings. The number of aromatic nitrogens is 1. The van der Waals surface area contributed by atoms with Gasteiger partial charge in [0.05, 0.1) is 45.4 Å². The fourth-order valence-electron chi connectivity index (χ4n) is 2.74. The molecule has 28 heavy (non-hydrogen) atoms. The Kier molecular flexibility index (Phi) is 8.35. The topological polar surface area (TPSA) is 58.9 Å². The monoisotopic (exact) mass is 401 g/mol. The lowest BCUT2D eigenvalue weighted by atomic mass is 10.1. The van der Waals surface area contributed by atoms with Crippen LogP contribution in [0.25, 0.3) is 0 Å². The minimum absolute atomic E-state index is 0.112. The lowest BCUT2D eigenvalue weighted by molar-refractivity contribution is -0.857. The van der Waals surface area contributed by atoms with Crippen LogP contribution in [0.1, 0.15) is 35.8 Å². The predicted molar refractivity (Wildman–Crippen MR) is 116 cm³/mol. The van der Waals surface area contributed by atoms with Crippen LogP contribution in [-0.4, -0.2) is 54.8 Å². The molecule has 1 atom stereocenters. The van der Waals surface area contributed by atoms with E-state index in [2.05, 4.69) is 36.2 Å². The number of hydrogen-bond donors (Lipinski definition) is 2. The van der Waals surface area contributed by atoms with Gasteiger partial charge in [-0.1, -0.05) is 0 Å². The fourth-order valence-corrected chi connectivity index (χ4v) is 3.10. The molecule has 0 spiro atoms. The lowest BCUT2D eigenvalue weighted by Crippen LogP contribution is -3.06. The van der Waals surface area contributed by atoms with Crippen LogP contribution in [0.3, 0.4) is 0 Å². The Labute approximate surface area is 172 Å². The molecule has 0 bridgehead atoms. The summed E-state index contributed by atoms with van der Waals surface area (Å²) < 4.78 is 5.02. The molecule has 0 aliphatic carbocycles. The van der Waals surface area contributed by atoms with E-state index >= 15 is 0 Å². The van der Waals surface area contributed by atoms with Gasteiger partial charge in [-0.15, -0.1) is 0 Å². The summed E-state index contributed by atoms with van der Waals surface area (Å²) in [5, 5.41) is 3.94. The molecular weight excluding hydrogens is 372 g/mol. The maximum absolute atomic E-state index is 11.8. The molecule has 0 radical (unpaired) electrons. The third kappa shape index (κ3) is 6.28. The van der Waals surface area contributed by atoms with Crippen molar-refractivity contribution in [2.45, 2.75) is 19.9 Å². The molecule has 1 unspecified atom stereocenters. The first kappa shape index (κ1) is 21.8. The number of ether oxygens (including phenoxy) is 1. The maximum Gasteiger partial charge on any atom is 0.338 e. The van der Waals surface area contributed by atoms with Crippen molar-refractivity contribution in [1.82, 2.24) is 9.88 Å². The van der Waals surface area contributed by atoms with Crippen LogP contribution in [0.4, 0.5) is 5.69 Å². The molecule has 0 saturated heterocycles. The van der Waals surface area contributed by atoms with Crippen LogP contribution in [0.2, 0.25) is 0 Å². The van der Waals surface area contributed by atoms with Crippen molar-refractivity contribution in [3.05, 3.63) is 59.9 Å². The summed E-state index contributed by atoms with van der Waals surface area (Å²) in [6.07, 6.45) is 3.59. The van der Waals surface area contributed by atoms with Crippen molar-refractivity contribution in [3.63, 3.8) is 0 Å². The Hall–Kier alpha value is -2.51. The number of nitrogens with zero attached hydrogens (tertiary/aromatic N) is 2. The first-order valence-corrected chi connectivity index (χ1v) is 9.87. The van der Waals surface area contributed by atoms with Gasteiger partial charge >= 0.3 is 5.97 Å². The molecule has 2 aromatic rings. The molecule has 2 rings (SSSR count). The van der Waals surface area contributed by atoms with E-state index in [1.54, 1.807) is 31.5 Å². The quantitative estimate of drug-likeness (QED) is 0.522. The van der Waals surface area contributed by atoms with E-state index in [4.69, 9.17) is 17.0 Å². The van der Waals surface area contributed by atoms with E-state index in [1.165, 1.54) is 4.90 Å². The van der Waals surface area contributed by atoms with E-state index in [0.29, 0.717) is 17.3 Å². The van der Waals surface area contributed by atoms with Crippen molar-refractivity contribution < 1.29 is 14.4 Å². The van der Waals surface area contributed by atoms with Gasteiger partial charge in [0.25, 0.3) is 0 Å². The zero-order valence-corrected chi connectivity index (χ0v) is 17.8. The van der Waals surface area contributed by atoms with Crippen LogP contribution < -0.4 is 10.2 Å². The van der Waals surface area contributed by atoms with Crippen LogP contribution in [0.5, 0.6) is 0 Å². The van der Waals surface area contributed by atoms with Gasteiger partial charge in [-0.3, -0.25) is 4.98 Å². The second-order valence-corrected chi connectivity index (χ2v) is 7.22. The third-order valence-corrected chi connectivity index (χ3v) is 4.75. The normalized spacial score (nSPS) is 11.8. The number of nitrogens with one attached hydrogen (secondary N) is 2. The van der Waals surface area contributed by atoms with Crippen LogP contribution in [0.15, 0.2) is 48.8 Å². The highest BCUT2D eigenvalue weighted by molar-refractivity contribution is 7.80. The largest absolute Gasteiger partial charge is 0.462 e. The molecule has 6 nitrogen and oxygen atoms in total. The van der Waals surface area contributed by atoms with Gasteiger partial charge in [-0.25, -0.2) is 4.79 Å². The molecule has 150 valence electrons. The van der Waals surface area contributed by atoms with E-state index in [-0.39, 0.29) is 12.0 Å². The molecule has 1 aromatic heterocycles. The number of anilines is 1. The number of thiocarbonyl (C=S) groups is 1. The van der Waals surface area contributed by atoms with Crippen molar-refractivity contribution in [2.24, 2.45) is 0 Å². The number of likely N-dealkylation sites (N-methyl/N-ethyl adjacent to an activating group) is 1. The molecule has 0 fully saturated rings. The van der Waals surface area contributed by atoms with Gasteiger partial charge < -0.3 is 19.9 Å². The first-order chi connectivity index (χ1) is 13.4. The molecule has 0 saturated carbocycles. The van der Waals surface area contributed by atoms with Gasteiger partial charge in [0.1, 0.15) is 0 Å². The Morgan fingerprint density at radius 2 is 1.86 bits per heavy atom. The zero-order chi connectivity index (χ0) is 20.5. The maximum atomic E-state index is 11.8. The molecule has 2 N–H and O–H groups in total. The summed E-state index contributed by atoms with van der Waals surface area (Å²) in [4.78, 5) is 19.4. The van der Waals surface area contributed by atoms with Crippen LogP contribution >= 0.6 is 12.2 Å². The highest BCUT2D eigenvalue weighted by Crippen LogP contribution is 2.21. The Bertz CT molecular complexity index is 766. The minimum Gasteiger partial charge on any atom is -0.462 e. The van der Waals surface area contributed by atoms with Crippen LogP contribution in [0, 0.1) is 0 Å². The SMILES string of the molecule is CCOC(=O)c1ccc(NC(=S)N(CC[NH+](C)C)C(C)c2ccncc2)cc1. The number of hydrogen-bond acceptors (Lipinski definition) is 4. The van der Waals surface area contributed by atoms with Crippen LogP contribution in [-0.2, 0) is 4.74 Å². The fraction of sp³-hybridized carbons (Fsp3) is 0.381. The third-order valence-electron chi connectivity index (χ3n) is 4.42. The second-order valence-electron chi connectivity index (χ2n) is 6.83. The molecule has 1 heterocycles. The van der Waals surface area contributed by atoms with Crippen molar-refractivity contribution in [2.75, 3.05) is 39.1 Å². The molecule has 1 aromatic carbocycles. The number of carbonyl (C=O) groups is 1. The van der Waals surface area contributed by atoms with Gasteiger partial charge in [0.15, 0.2) is 5.11 Å². The number of benzene rings is 1. The number of esters is 1. The Morgan fingerprint density at radius 3 is 2.43 bits per heavy atom. The average Bonchev–Trinajstić information content (AvgIpc) is 2.69. The summed E-state index contributed by atoms with van der Waals surface area (Å²) in [6.45, 7) is 6.06. The molecular formula is C21H29N4O2S+. The standard InChI is InChI=1S/C21H28N4O2S/c1-5-27-20(26)18-6-8-19(9-7-18)23-21(28)25(15-14-24(3)4)16(2)17-10-12-22-13-11-17/h6-13,16H,5,14-15H2,1-4H3,(H,23,28)/p+1. The van der Waals surface area contributed by atoms with E-state index in [9.17, 15) is 4.79 Å². The summed E-state index contributed by atoms with van der Waals surface area (Å²) in [5.41, 5.74) is 2.52. The number of rotatable bonds is 8.